The van der Waals surface area contributed by atoms with Crippen LogP contribution in [0.2, 0.25) is 5.02 Å². The molecule has 0 aliphatic carbocycles. The van der Waals surface area contributed by atoms with Gasteiger partial charge < -0.3 is 20.1 Å². The number of ether oxygens (including phenoxy) is 2. The number of rotatable bonds is 4. The molecule has 172 valence electrons. The number of aliphatic imine (C=N–C) groups is 1. The third-order valence-electron chi connectivity index (χ3n) is 4.19. The van der Waals surface area contributed by atoms with Gasteiger partial charge in [0.15, 0.2) is 0 Å². The molecule has 1 amide bonds. The first-order chi connectivity index (χ1) is 14.6. The maximum atomic E-state index is 12.5. The Morgan fingerprint density at radius 2 is 1.87 bits per heavy atom. The van der Waals surface area contributed by atoms with E-state index in [0.717, 1.165) is 5.56 Å². The molecule has 2 N–H and O–H groups in total. The molecule has 7 nitrogen and oxygen atoms in total. The van der Waals surface area contributed by atoms with Gasteiger partial charge in [0, 0.05) is 29.3 Å². The van der Waals surface area contributed by atoms with Gasteiger partial charge in [0.05, 0.1) is 19.7 Å². The van der Waals surface area contributed by atoms with E-state index in [2.05, 4.69) is 4.99 Å². The zero-order valence-corrected chi connectivity index (χ0v) is 20.1. The quantitative estimate of drug-likeness (QED) is 0.527. The Hall–Kier alpha value is -2.54. The largest absolute Gasteiger partial charge is 0.461 e. The minimum absolute atomic E-state index is 0.0435. The van der Waals surface area contributed by atoms with Crippen molar-refractivity contribution in [2.24, 2.45) is 10.7 Å². The summed E-state index contributed by atoms with van der Waals surface area (Å²) in [5, 5.41) is 0.618. The van der Waals surface area contributed by atoms with Gasteiger partial charge in [-0.25, -0.2) is 9.59 Å². The topological polar surface area (TPSA) is 94.2 Å². The fourth-order valence-electron chi connectivity index (χ4n) is 2.79. The number of hydrogen-bond donors (Lipinski definition) is 1. The summed E-state index contributed by atoms with van der Waals surface area (Å²) in [4.78, 5) is 30.8. The highest BCUT2D eigenvalue weighted by atomic mass is 35.5. The first-order valence-corrected chi connectivity index (χ1v) is 10.9. The van der Waals surface area contributed by atoms with E-state index >= 15 is 0 Å². The monoisotopic (exact) mass is 451 g/mol. The lowest BCUT2D eigenvalue weighted by atomic mass is 10.00. The van der Waals surface area contributed by atoms with Crippen molar-refractivity contribution in [3.63, 3.8) is 0 Å². The van der Waals surface area contributed by atoms with Crippen LogP contribution in [0.25, 0.3) is 0 Å². The number of amides is 1. The molecule has 0 atom stereocenters. The molecule has 1 aliphatic heterocycles. The van der Waals surface area contributed by atoms with Crippen molar-refractivity contribution in [2.45, 2.75) is 60.1 Å². The van der Waals surface area contributed by atoms with Crippen LogP contribution >= 0.6 is 11.6 Å². The third-order valence-corrected chi connectivity index (χ3v) is 4.55. The van der Waals surface area contributed by atoms with Gasteiger partial charge in [0.1, 0.15) is 11.3 Å². The highest BCUT2D eigenvalue weighted by molar-refractivity contribution is 6.31. The Balaban J connectivity index is 0.00000233. The van der Waals surface area contributed by atoms with E-state index in [4.69, 9.17) is 26.8 Å². The smallest absolute Gasteiger partial charge is 0.410 e. The Labute approximate surface area is 190 Å². The summed E-state index contributed by atoms with van der Waals surface area (Å²) >= 11 is 6.21. The van der Waals surface area contributed by atoms with Gasteiger partial charge in [-0.05, 0) is 39.3 Å². The summed E-state index contributed by atoms with van der Waals surface area (Å²) in [5.74, 6) is -0.626. The predicted molar refractivity (Wildman–Crippen MR) is 124 cm³/mol. The van der Waals surface area contributed by atoms with Crippen LogP contribution in [-0.4, -0.2) is 48.0 Å². The molecule has 1 fully saturated rings. The molecule has 0 spiro atoms. The fourth-order valence-corrected chi connectivity index (χ4v) is 2.99. The van der Waals surface area contributed by atoms with E-state index in [1.807, 2.05) is 32.0 Å². The first-order valence-electron chi connectivity index (χ1n) is 10.5. The number of benzene rings is 1. The van der Waals surface area contributed by atoms with Gasteiger partial charge in [-0.3, -0.25) is 4.99 Å². The van der Waals surface area contributed by atoms with Gasteiger partial charge in [-0.15, -0.1) is 0 Å². The van der Waals surface area contributed by atoms with Gasteiger partial charge in [0.25, 0.3) is 0 Å². The number of piperidine rings is 1. The standard InChI is InChI=1S/C21H28ClN3O4.C2H6/c1-5-28-19(26)18(23)15-13-25(20(27)29-21(2,3)4)11-10-17(15)24-12-14-8-6-7-9-16(14)22;1-2/h6-9H,5,10-13,23H2,1-4H3;1-2H3/b18-15-,24-17?;. The second kappa shape index (κ2) is 12.3. The second-order valence-electron chi connectivity index (χ2n) is 7.62. The SMILES string of the molecule is CC.CCOC(=O)/C(N)=C1\CN(C(=O)OC(C)(C)C)CCC1=NCc1ccccc1Cl. The summed E-state index contributed by atoms with van der Waals surface area (Å²) in [6, 6.07) is 7.42. The maximum Gasteiger partial charge on any atom is 0.410 e. The van der Waals surface area contributed by atoms with Crippen LogP contribution < -0.4 is 5.73 Å². The number of likely N-dealkylation sites (tertiary alicyclic amines) is 1. The number of halogens is 1. The van der Waals surface area contributed by atoms with Crippen LogP contribution in [0.4, 0.5) is 4.79 Å². The predicted octanol–water partition coefficient (Wildman–Crippen LogP) is 4.72. The molecular weight excluding hydrogens is 418 g/mol. The molecule has 0 bridgehead atoms. The van der Waals surface area contributed by atoms with E-state index in [9.17, 15) is 9.59 Å². The molecular formula is C23H34ClN3O4. The van der Waals surface area contributed by atoms with E-state index < -0.39 is 17.7 Å². The van der Waals surface area contributed by atoms with Crippen molar-refractivity contribution < 1.29 is 19.1 Å². The number of hydrogen-bond acceptors (Lipinski definition) is 6. The molecule has 1 heterocycles. The van der Waals surface area contributed by atoms with Crippen molar-refractivity contribution in [1.82, 2.24) is 4.90 Å². The second-order valence-corrected chi connectivity index (χ2v) is 8.03. The van der Waals surface area contributed by atoms with Crippen molar-refractivity contribution in [3.05, 3.63) is 46.1 Å². The van der Waals surface area contributed by atoms with Crippen LogP contribution in [0.5, 0.6) is 0 Å². The lowest BCUT2D eigenvalue weighted by Gasteiger charge is -2.32. The van der Waals surface area contributed by atoms with Gasteiger partial charge >= 0.3 is 12.1 Å². The molecule has 31 heavy (non-hydrogen) atoms. The summed E-state index contributed by atoms with van der Waals surface area (Å²) in [7, 11) is 0. The van der Waals surface area contributed by atoms with Crippen molar-refractivity contribution >= 4 is 29.4 Å². The van der Waals surface area contributed by atoms with Crippen LogP contribution in [0.15, 0.2) is 40.5 Å². The Kier molecular flexibility index (Phi) is 10.6. The van der Waals surface area contributed by atoms with Crippen molar-refractivity contribution in [1.29, 1.82) is 0 Å². The summed E-state index contributed by atoms with van der Waals surface area (Å²) in [5.41, 5.74) is 7.42. The summed E-state index contributed by atoms with van der Waals surface area (Å²) in [6.07, 6.45) is -0.0177. The number of carbonyl (C=O) groups excluding carboxylic acids is 2. The minimum Gasteiger partial charge on any atom is -0.461 e. The molecule has 0 aromatic heterocycles. The normalized spacial score (nSPS) is 16.9. The van der Waals surface area contributed by atoms with Crippen molar-refractivity contribution in [3.8, 4) is 0 Å². The van der Waals surface area contributed by atoms with Gasteiger partial charge in [0.2, 0.25) is 0 Å². The lowest BCUT2D eigenvalue weighted by molar-refractivity contribution is -0.138. The lowest BCUT2D eigenvalue weighted by Crippen LogP contribution is -2.44. The number of nitrogens with two attached hydrogens (primary N) is 1. The molecule has 0 radical (unpaired) electrons. The zero-order valence-electron chi connectivity index (χ0n) is 19.3. The molecule has 2 rings (SSSR count). The number of nitrogens with zero attached hydrogens (tertiary/aromatic N) is 2. The molecule has 1 saturated heterocycles. The van der Waals surface area contributed by atoms with Crippen LogP contribution in [0, 0.1) is 0 Å². The van der Waals surface area contributed by atoms with Gasteiger partial charge in [-0.1, -0.05) is 43.6 Å². The number of esters is 1. The van der Waals surface area contributed by atoms with E-state index in [1.54, 1.807) is 33.8 Å². The molecule has 0 saturated carbocycles. The Morgan fingerprint density at radius 1 is 1.23 bits per heavy atom. The zero-order chi connectivity index (χ0) is 23.6. The van der Waals surface area contributed by atoms with E-state index in [1.165, 1.54) is 4.90 Å². The van der Waals surface area contributed by atoms with E-state index in [-0.39, 0.29) is 18.8 Å². The molecule has 0 unspecified atom stereocenters. The third kappa shape index (κ3) is 8.25. The summed E-state index contributed by atoms with van der Waals surface area (Å²) in [6.45, 7) is 12.2. The Bertz CT molecular complexity index is 828. The highest BCUT2D eigenvalue weighted by Gasteiger charge is 2.30. The van der Waals surface area contributed by atoms with E-state index in [0.29, 0.717) is 35.8 Å². The molecule has 1 aromatic carbocycles. The average Bonchev–Trinajstić information content (AvgIpc) is 2.73. The highest BCUT2D eigenvalue weighted by Crippen LogP contribution is 2.22. The van der Waals surface area contributed by atoms with Crippen LogP contribution in [0.3, 0.4) is 0 Å². The molecule has 1 aliphatic rings. The first kappa shape index (κ1) is 26.5. The average molecular weight is 452 g/mol. The van der Waals surface area contributed by atoms with Gasteiger partial charge in [-0.2, -0.15) is 0 Å². The molecule has 8 heteroatoms. The summed E-state index contributed by atoms with van der Waals surface area (Å²) < 4.78 is 10.5. The number of carbonyl (C=O) groups is 2. The maximum absolute atomic E-state index is 12.5. The van der Waals surface area contributed by atoms with Crippen LogP contribution in [-0.2, 0) is 20.8 Å². The van der Waals surface area contributed by atoms with Crippen LogP contribution in [0.1, 0.15) is 53.5 Å². The fraction of sp³-hybridized carbons (Fsp3) is 0.522. The molecule has 1 aromatic rings. The minimum atomic E-state index is -0.626. The van der Waals surface area contributed by atoms with Crippen molar-refractivity contribution in [2.75, 3.05) is 19.7 Å². The Morgan fingerprint density at radius 3 is 2.45 bits per heavy atom.